The van der Waals surface area contributed by atoms with E-state index in [1.54, 1.807) is 17.9 Å². The number of benzene rings is 2. The molecule has 0 bridgehead atoms. The minimum atomic E-state index is -0.521. The molecule has 0 spiro atoms. The number of carbonyl (C=O) groups is 2. The number of piperazine rings is 1. The van der Waals surface area contributed by atoms with E-state index in [0.29, 0.717) is 6.54 Å². The molecule has 1 atom stereocenters. The first kappa shape index (κ1) is 17.5. The summed E-state index contributed by atoms with van der Waals surface area (Å²) in [5.41, 5.74) is 3.09. The second kappa shape index (κ2) is 7.04. The first-order valence-electron chi connectivity index (χ1n) is 8.67. The Hall–Kier alpha value is -2.86. The van der Waals surface area contributed by atoms with Crippen LogP contribution >= 0.6 is 15.9 Å². The summed E-state index contributed by atoms with van der Waals surface area (Å²) < 4.78 is 0.951. The number of hydrogen-bond donors (Lipinski definition) is 2. The highest BCUT2D eigenvalue weighted by Crippen LogP contribution is 2.25. The molecule has 1 saturated heterocycles. The van der Waals surface area contributed by atoms with Crippen molar-refractivity contribution in [2.75, 3.05) is 0 Å². The van der Waals surface area contributed by atoms with Crippen molar-refractivity contribution in [3.63, 3.8) is 0 Å². The zero-order valence-corrected chi connectivity index (χ0v) is 16.3. The van der Waals surface area contributed by atoms with Crippen LogP contribution in [0.5, 0.6) is 0 Å². The molecule has 2 aromatic carbocycles. The quantitative estimate of drug-likeness (QED) is 0.628. The third kappa shape index (κ3) is 3.40. The van der Waals surface area contributed by atoms with Crippen molar-refractivity contribution < 1.29 is 9.59 Å². The van der Waals surface area contributed by atoms with Gasteiger partial charge in [-0.3, -0.25) is 9.59 Å². The summed E-state index contributed by atoms with van der Waals surface area (Å²) in [7, 11) is 0. The number of nitrogens with zero attached hydrogens (tertiary/aromatic N) is 1. The van der Waals surface area contributed by atoms with Crippen LogP contribution in [-0.4, -0.2) is 27.7 Å². The lowest BCUT2D eigenvalue weighted by molar-refractivity contribution is -0.142. The summed E-state index contributed by atoms with van der Waals surface area (Å²) in [5.74, 6) is -0.367. The van der Waals surface area contributed by atoms with Crippen LogP contribution < -0.4 is 5.32 Å². The van der Waals surface area contributed by atoms with Gasteiger partial charge in [-0.2, -0.15) is 0 Å². The first-order valence-corrected chi connectivity index (χ1v) is 9.46. The van der Waals surface area contributed by atoms with E-state index in [0.717, 1.165) is 26.5 Å². The van der Waals surface area contributed by atoms with Gasteiger partial charge in [-0.1, -0.05) is 46.3 Å². The molecule has 3 aromatic rings. The maximum absolute atomic E-state index is 13.0. The van der Waals surface area contributed by atoms with Gasteiger partial charge in [0.25, 0.3) is 5.91 Å². The molecule has 0 radical (unpaired) electrons. The van der Waals surface area contributed by atoms with E-state index >= 15 is 0 Å². The number of amides is 2. The molecule has 1 aliphatic rings. The summed E-state index contributed by atoms with van der Waals surface area (Å²) in [4.78, 5) is 30.3. The summed E-state index contributed by atoms with van der Waals surface area (Å²) in [6.45, 7) is 2.14. The Morgan fingerprint density at radius 1 is 1.15 bits per heavy atom. The molecule has 5 nitrogen and oxygen atoms in total. The van der Waals surface area contributed by atoms with E-state index in [-0.39, 0.29) is 17.5 Å². The van der Waals surface area contributed by atoms with Crippen LogP contribution in [0.4, 0.5) is 0 Å². The van der Waals surface area contributed by atoms with Gasteiger partial charge in [0.15, 0.2) is 0 Å². The molecule has 0 saturated carbocycles. The lowest BCUT2D eigenvalue weighted by Gasteiger charge is -2.34. The molecule has 4 rings (SSSR count). The fourth-order valence-electron chi connectivity index (χ4n) is 3.24. The molecular weight excluding hydrogens is 406 g/mol. The summed E-state index contributed by atoms with van der Waals surface area (Å²) in [5, 5.41) is 3.73. The smallest absolute Gasteiger partial charge is 0.271 e. The van der Waals surface area contributed by atoms with Crippen molar-refractivity contribution in [2.45, 2.75) is 19.5 Å². The third-order valence-electron chi connectivity index (χ3n) is 4.77. The van der Waals surface area contributed by atoms with Gasteiger partial charge in [0.1, 0.15) is 11.7 Å². The van der Waals surface area contributed by atoms with Crippen molar-refractivity contribution in [2.24, 2.45) is 0 Å². The molecule has 1 fully saturated rings. The molecule has 6 heteroatoms. The standard InChI is InChI=1S/C21H18BrN3O2/c1-13-20(26)24-19(21(27)25(13)12-14-5-3-2-4-6-14)9-15-11-23-18-8-7-16(22)10-17(15)18/h2-11,13,23H,12H2,1H3,(H,24,26)/b19-9-/t13-/m0/s1. The molecule has 2 N–H and O–H groups in total. The Labute approximate surface area is 165 Å². The lowest BCUT2D eigenvalue weighted by Crippen LogP contribution is -2.55. The molecule has 0 unspecified atom stereocenters. The predicted molar refractivity (Wildman–Crippen MR) is 109 cm³/mol. The van der Waals surface area contributed by atoms with Crippen LogP contribution in [0, 0.1) is 0 Å². The number of aromatic amines is 1. The maximum Gasteiger partial charge on any atom is 0.271 e. The monoisotopic (exact) mass is 423 g/mol. The van der Waals surface area contributed by atoms with Gasteiger partial charge in [-0.25, -0.2) is 0 Å². The molecule has 1 aromatic heterocycles. The zero-order valence-electron chi connectivity index (χ0n) is 14.7. The van der Waals surface area contributed by atoms with E-state index in [1.165, 1.54) is 0 Å². The lowest BCUT2D eigenvalue weighted by atomic mass is 10.1. The normalized spacial score (nSPS) is 19.0. The summed E-state index contributed by atoms with van der Waals surface area (Å²) >= 11 is 3.47. The van der Waals surface area contributed by atoms with Crippen LogP contribution in [0.1, 0.15) is 18.1 Å². The molecule has 0 aliphatic carbocycles. The molecule has 2 heterocycles. The van der Waals surface area contributed by atoms with Gasteiger partial charge in [0.05, 0.1) is 0 Å². The van der Waals surface area contributed by atoms with Crippen LogP contribution in [-0.2, 0) is 16.1 Å². The van der Waals surface area contributed by atoms with Crippen LogP contribution in [0.25, 0.3) is 17.0 Å². The van der Waals surface area contributed by atoms with E-state index in [4.69, 9.17) is 0 Å². The number of hydrogen-bond acceptors (Lipinski definition) is 2. The van der Waals surface area contributed by atoms with Crippen molar-refractivity contribution in [3.05, 3.63) is 76.0 Å². The van der Waals surface area contributed by atoms with E-state index < -0.39 is 6.04 Å². The Bertz CT molecular complexity index is 1060. The SMILES string of the molecule is C[C@H]1C(=O)N/C(=C\c2c[nH]c3ccc(Br)cc23)C(=O)N1Cc1ccccc1. The Kier molecular flexibility index (Phi) is 4.58. The number of aromatic nitrogens is 1. The average molecular weight is 424 g/mol. The van der Waals surface area contributed by atoms with E-state index in [2.05, 4.69) is 26.2 Å². The maximum atomic E-state index is 13.0. The van der Waals surface area contributed by atoms with Crippen LogP contribution in [0.3, 0.4) is 0 Å². The summed E-state index contributed by atoms with van der Waals surface area (Å²) in [6, 6.07) is 15.1. The molecule has 2 amide bonds. The number of H-pyrrole nitrogens is 1. The molecule has 1 aliphatic heterocycles. The molecular formula is C21H18BrN3O2. The highest BCUT2D eigenvalue weighted by Gasteiger charge is 2.34. The van der Waals surface area contributed by atoms with Gasteiger partial charge < -0.3 is 15.2 Å². The molecule has 27 heavy (non-hydrogen) atoms. The average Bonchev–Trinajstić information content (AvgIpc) is 3.06. The van der Waals surface area contributed by atoms with Crippen molar-refractivity contribution in [1.82, 2.24) is 15.2 Å². The number of fused-ring (bicyclic) bond motifs is 1. The van der Waals surface area contributed by atoms with Crippen molar-refractivity contribution in [3.8, 4) is 0 Å². The number of halogens is 1. The van der Waals surface area contributed by atoms with Crippen molar-refractivity contribution >= 4 is 44.7 Å². The van der Waals surface area contributed by atoms with Crippen LogP contribution in [0.15, 0.2) is 64.9 Å². The van der Waals surface area contributed by atoms with Crippen LogP contribution in [0.2, 0.25) is 0 Å². The minimum Gasteiger partial charge on any atom is -0.361 e. The second-order valence-corrected chi connectivity index (χ2v) is 7.49. The largest absolute Gasteiger partial charge is 0.361 e. The van der Waals surface area contributed by atoms with E-state index in [1.807, 2.05) is 54.7 Å². The molecule has 136 valence electrons. The first-order chi connectivity index (χ1) is 13.0. The second-order valence-electron chi connectivity index (χ2n) is 6.58. The number of nitrogens with one attached hydrogen (secondary N) is 2. The fraction of sp³-hybridized carbons (Fsp3) is 0.143. The van der Waals surface area contributed by atoms with Gasteiger partial charge >= 0.3 is 0 Å². The predicted octanol–water partition coefficient (Wildman–Crippen LogP) is 3.82. The highest BCUT2D eigenvalue weighted by molar-refractivity contribution is 9.10. The van der Waals surface area contributed by atoms with Gasteiger partial charge in [-0.05, 0) is 36.8 Å². The minimum absolute atomic E-state index is 0.183. The zero-order chi connectivity index (χ0) is 19.0. The van der Waals surface area contributed by atoms with Gasteiger partial charge in [-0.15, -0.1) is 0 Å². The topological polar surface area (TPSA) is 65.2 Å². The Morgan fingerprint density at radius 2 is 1.93 bits per heavy atom. The van der Waals surface area contributed by atoms with E-state index in [9.17, 15) is 9.59 Å². The summed E-state index contributed by atoms with van der Waals surface area (Å²) in [6.07, 6.45) is 3.57. The Morgan fingerprint density at radius 3 is 2.70 bits per heavy atom. The van der Waals surface area contributed by atoms with Gasteiger partial charge in [0, 0.05) is 33.7 Å². The number of carbonyl (C=O) groups excluding carboxylic acids is 2. The van der Waals surface area contributed by atoms with Gasteiger partial charge in [0.2, 0.25) is 5.91 Å². The Balaban J connectivity index is 1.69. The van der Waals surface area contributed by atoms with Crippen molar-refractivity contribution in [1.29, 1.82) is 0 Å². The third-order valence-corrected chi connectivity index (χ3v) is 5.26. The number of rotatable bonds is 3. The fourth-order valence-corrected chi connectivity index (χ4v) is 3.60. The highest BCUT2D eigenvalue weighted by atomic mass is 79.9.